The fourth-order valence-corrected chi connectivity index (χ4v) is 2.23. The van der Waals surface area contributed by atoms with E-state index in [4.69, 9.17) is 0 Å². The van der Waals surface area contributed by atoms with Crippen LogP contribution in [0, 0.1) is 35.1 Å². The van der Waals surface area contributed by atoms with Crippen molar-refractivity contribution in [2.45, 2.75) is 27.7 Å². The van der Waals surface area contributed by atoms with Crippen LogP contribution in [0.1, 0.15) is 22.3 Å². The van der Waals surface area contributed by atoms with Gasteiger partial charge >= 0.3 is 27.7 Å². The number of halogens is 1. The second kappa shape index (κ2) is 11.3. The third-order valence-electron chi connectivity index (χ3n) is 3.35. The van der Waals surface area contributed by atoms with Crippen LogP contribution in [0.4, 0.5) is 11.4 Å². The van der Waals surface area contributed by atoms with Crippen molar-refractivity contribution in [3.05, 3.63) is 66.1 Å². The van der Waals surface area contributed by atoms with Crippen LogP contribution in [0.25, 0.3) is 0 Å². The van der Waals surface area contributed by atoms with E-state index in [9.17, 15) is 0 Å². The molecule has 0 bridgehead atoms. The molecule has 23 heavy (non-hydrogen) atoms. The summed E-state index contributed by atoms with van der Waals surface area (Å²) in [6.07, 6.45) is 3.53. The van der Waals surface area contributed by atoms with Gasteiger partial charge in [0.15, 0.2) is 0 Å². The molecular formula is C19H23ClN2Pd. The molecule has 0 N–H and O–H groups in total. The van der Waals surface area contributed by atoms with Crippen LogP contribution >= 0.6 is 9.53 Å². The minimum atomic E-state index is 0. The summed E-state index contributed by atoms with van der Waals surface area (Å²) in [7, 11) is 4.49. The van der Waals surface area contributed by atoms with Crippen LogP contribution in [0.15, 0.2) is 46.4 Å². The Hall–Kier alpha value is -1.27. The van der Waals surface area contributed by atoms with Crippen molar-refractivity contribution in [2.24, 2.45) is 9.98 Å². The average Bonchev–Trinajstić information content (AvgIpc) is 2.50. The van der Waals surface area contributed by atoms with Crippen molar-refractivity contribution in [3.63, 3.8) is 0 Å². The molecule has 2 nitrogen and oxygen atoms in total. The molecule has 126 valence electrons. The van der Waals surface area contributed by atoms with Gasteiger partial charge in [-0.15, -0.1) is 0 Å². The Labute approximate surface area is 155 Å². The van der Waals surface area contributed by atoms with Gasteiger partial charge in [0.1, 0.15) is 0 Å². The van der Waals surface area contributed by atoms with E-state index in [2.05, 4.69) is 102 Å². The molecule has 0 aliphatic carbocycles. The summed E-state index contributed by atoms with van der Waals surface area (Å²) in [6, 6.07) is 12.4. The number of rotatable bonds is 3. The van der Waals surface area contributed by atoms with Gasteiger partial charge in [-0.2, -0.15) is 0 Å². The van der Waals surface area contributed by atoms with E-state index in [0.29, 0.717) is 0 Å². The Morgan fingerprint density at radius 2 is 0.957 bits per heavy atom. The molecule has 0 radical (unpaired) electrons. The summed E-state index contributed by atoms with van der Waals surface area (Å²) < 4.78 is 0. The van der Waals surface area contributed by atoms with Crippen LogP contribution < -0.4 is 0 Å². The first kappa shape index (κ1) is 21.7. The Morgan fingerprint density at radius 1 is 0.696 bits per heavy atom. The SMILES string of the molecule is Cc1cccc(C)c1N=CC=Nc1c(C)cccc1C.[CH3-].[Cl][Pd+]. The molecule has 0 amide bonds. The molecule has 0 aliphatic heterocycles. The Balaban J connectivity index is 0.00000155. The van der Waals surface area contributed by atoms with Gasteiger partial charge in [0.05, 0.1) is 11.4 Å². The van der Waals surface area contributed by atoms with Crippen LogP contribution in [0.5, 0.6) is 0 Å². The molecule has 4 heteroatoms. The predicted molar refractivity (Wildman–Crippen MR) is 100 cm³/mol. The van der Waals surface area contributed by atoms with Gasteiger partial charge < -0.3 is 7.43 Å². The van der Waals surface area contributed by atoms with Gasteiger partial charge in [0.25, 0.3) is 0 Å². The fraction of sp³-hybridized carbons (Fsp3) is 0.211. The molecule has 0 unspecified atom stereocenters. The number of para-hydroxylation sites is 2. The summed E-state index contributed by atoms with van der Waals surface area (Å²) in [5.74, 6) is 0. The van der Waals surface area contributed by atoms with Gasteiger partial charge in [-0.3, -0.25) is 9.98 Å². The zero-order valence-corrected chi connectivity index (χ0v) is 16.5. The first-order valence-electron chi connectivity index (χ1n) is 6.90. The van der Waals surface area contributed by atoms with Crippen LogP contribution in [0.3, 0.4) is 0 Å². The van der Waals surface area contributed by atoms with Gasteiger partial charge in [0, 0.05) is 12.4 Å². The van der Waals surface area contributed by atoms with Crippen molar-refractivity contribution in [1.29, 1.82) is 0 Å². The molecule has 0 spiro atoms. The number of aryl methyl sites for hydroxylation is 4. The third-order valence-corrected chi connectivity index (χ3v) is 3.35. The Kier molecular flexibility index (Phi) is 10.7. The van der Waals surface area contributed by atoms with E-state index < -0.39 is 0 Å². The van der Waals surface area contributed by atoms with Gasteiger partial charge in [0.2, 0.25) is 0 Å². The van der Waals surface area contributed by atoms with Gasteiger partial charge in [-0.1, -0.05) is 36.4 Å². The van der Waals surface area contributed by atoms with Crippen LogP contribution in [-0.2, 0) is 18.2 Å². The third kappa shape index (κ3) is 6.39. The summed E-state index contributed by atoms with van der Waals surface area (Å²) >= 11 is 2.22. The number of hydrogen-bond acceptors (Lipinski definition) is 2. The van der Waals surface area contributed by atoms with Crippen molar-refractivity contribution in [3.8, 4) is 0 Å². The maximum atomic E-state index is 4.51. The molecule has 2 aromatic carbocycles. The topological polar surface area (TPSA) is 24.7 Å². The Morgan fingerprint density at radius 3 is 1.22 bits per heavy atom. The number of benzene rings is 2. The zero-order valence-electron chi connectivity index (χ0n) is 14.2. The van der Waals surface area contributed by atoms with Gasteiger partial charge in [-0.25, -0.2) is 0 Å². The first-order valence-corrected chi connectivity index (χ1v) is 8.91. The van der Waals surface area contributed by atoms with E-state index in [0.717, 1.165) is 11.4 Å². The van der Waals surface area contributed by atoms with Crippen LogP contribution in [-0.4, -0.2) is 12.4 Å². The summed E-state index contributed by atoms with van der Waals surface area (Å²) in [5.41, 5.74) is 6.79. The number of aliphatic imine (C=N–C) groups is 2. The monoisotopic (exact) mass is 420 g/mol. The second-order valence-corrected chi connectivity index (χ2v) is 5.04. The molecule has 0 atom stereocenters. The molecule has 0 aliphatic rings. The molecular weight excluding hydrogens is 398 g/mol. The van der Waals surface area contributed by atoms with Crippen molar-refractivity contribution < 1.29 is 18.2 Å². The first-order chi connectivity index (χ1) is 10.6. The molecule has 0 saturated heterocycles. The fourth-order valence-electron chi connectivity index (χ4n) is 2.23. The van der Waals surface area contributed by atoms with E-state index in [1.54, 1.807) is 12.4 Å². The predicted octanol–water partition coefficient (Wildman–Crippen LogP) is 6.16. The van der Waals surface area contributed by atoms with Crippen LogP contribution in [0.2, 0.25) is 0 Å². The van der Waals surface area contributed by atoms with E-state index in [-0.39, 0.29) is 7.43 Å². The normalized spacial score (nSPS) is 10.4. The average molecular weight is 421 g/mol. The van der Waals surface area contributed by atoms with Gasteiger partial charge in [-0.05, 0) is 49.9 Å². The molecule has 0 saturated carbocycles. The van der Waals surface area contributed by atoms with Crippen molar-refractivity contribution >= 4 is 33.3 Å². The summed E-state index contributed by atoms with van der Waals surface area (Å²) in [6.45, 7) is 8.29. The molecule has 0 heterocycles. The molecule has 0 aromatic heterocycles. The number of nitrogens with zero attached hydrogens (tertiary/aromatic N) is 2. The molecule has 2 aromatic rings. The standard InChI is InChI=1S/C18H20N2.CH3.ClH.Pd/c1-13-7-5-8-14(2)17(13)19-11-12-20-18-15(3)9-6-10-16(18)4;;;/h5-12H,1-4H3;1H3;1H;/q;-1;;+2/p-1. The minimum absolute atomic E-state index is 0. The van der Waals surface area contributed by atoms with Crippen molar-refractivity contribution in [2.75, 3.05) is 0 Å². The second-order valence-electron chi connectivity index (χ2n) is 5.04. The summed E-state index contributed by atoms with van der Waals surface area (Å²) in [4.78, 5) is 9.01. The van der Waals surface area contributed by atoms with E-state index in [1.807, 2.05) is 0 Å². The Bertz CT molecular complexity index is 579. The maximum absolute atomic E-state index is 4.51. The van der Waals surface area contributed by atoms with E-state index in [1.165, 1.54) is 22.3 Å². The zero-order chi connectivity index (χ0) is 16.5. The quantitative estimate of drug-likeness (QED) is 0.322. The van der Waals surface area contributed by atoms with E-state index >= 15 is 0 Å². The molecule has 0 fully saturated rings. The number of hydrogen-bond donors (Lipinski definition) is 0. The summed E-state index contributed by atoms with van der Waals surface area (Å²) in [5, 5.41) is 0. The van der Waals surface area contributed by atoms with Crippen molar-refractivity contribution in [1.82, 2.24) is 0 Å². The molecule has 2 rings (SSSR count).